The van der Waals surface area contributed by atoms with E-state index >= 15 is 0 Å². The molecular weight excluding hydrogens is 272 g/mol. The van der Waals surface area contributed by atoms with Crippen LogP contribution in [0.25, 0.3) is 10.2 Å². The predicted molar refractivity (Wildman–Crippen MR) is 70.7 cm³/mol. The maximum absolute atomic E-state index is 11.4. The summed E-state index contributed by atoms with van der Waals surface area (Å²) in [5.74, 6) is -0.222. The van der Waals surface area contributed by atoms with E-state index in [4.69, 9.17) is 0 Å². The van der Waals surface area contributed by atoms with Crippen LogP contribution in [0.3, 0.4) is 0 Å². The number of imide groups is 1. The van der Waals surface area contributed by atoms with E-state index in [1.165, 1.54) is 36.5 Å². The van der Waals surface area contributed by atoms with Crippen molar-refractivity contribution in [3.63, 3.8) is 0 Å². The number of nitrogens with zero attached hydrogens (tertiary/aromatic N) is 2. The van der Waals surface area contributed by atoms with Gasteiger partial charge >= 0.3 is 6.03 Å². The van der Waals surface area contributed by atoms with Gasteiger partial charge in [-0.1, -0.05) is 11.8 Å². The fourth-order valence-electron chi connectivity index (χ4n) is 1.23. The molecule has 18 heavy (non-hydrogen) atoms. The van der Waals surface area contributed by atoms with E-state index < -0.39 is 6.03 Å². The molecule has 0 fully saturated rings. The summed E-state index contributed by atoms with van der Waals surface area (Å²) < 4.78 is 0.954. The maximum Gasteiger partial charge on any atom is 0.321 e. The number of thioether (sulfide) groups is 1. The minimum absolute atomic E-state index is 0.136. The molecule has 0 aromatic carbocycles. The Labute approximate surface area is 111 Å². The number of urea groups is 1. The number of amides is 3. The summed E-state index contributed by atoms with van der Waals surface area (Å²) >= 11 is 2.81. The zero-order chi connectivity index (χ0) is 13.0. The fraction of sp³-hybridized carbons (Fsp3) is 0.200. The normalized spacial score (nSPS) is 10.3. The quantitative estimate of drug-likeness (QED) is 0.653. The lowest BCUT2D eigenvalue weighted by atomic mass is 10.5. The zero-order valence-corrected chi connectivity index (χ0v) is 11.1. The van der Waals surface area contributed by atoms with Crippen LogP contribution in [0, 0.1) is 0 Å². The van der Waals surface area contributed by atoms with Crippen molar-refractivity contribution < 1.29 is 9.59 Å². The Morgan fingerprint density at radius 2 is 2.28 bits per heavy atom. The summed E-state index contributed by atoms with van der Waals surface area (Å²) in [5.41, 5.74) is 0.865. The smallest absolute Gasteiger partial charge is 0.321 e. The van der Waals surface area contributed by atoms with Crippen molar-refractivity contribution in [3.8, 4) is 0 Å². The van der Waals surface area contributed by atoms with Crippen LogP contribution in [-0.2, 0) is 4.79 Å². The number of carbonyl (C=O) groups excluding carboxylic acids is 2. The van der Waals surface area contributed by atoms with E-state index in [1.54, 1.807) is 0 Å². The summed E-state index contributed by atoms with van der Waals surface area (Å²) in [6, 6.07) is 1.39. The molecular formula is C10H10N4O2S2. The molecule has 2 aromatic rings. The van der Waals surface area contributed by atoms with Gasteiger partial charge in [0, 0.05) is 7.05 Å². The van der Waals surface area contributed by atoms with Gasteiger partial charge in [0.05, 0.1) is 16.0 Å². The second-order valence-electron chi connectivity index (χ2n) is 3.23. The predicted octanol–water partition coefficient (Wildman–Crippen LogP) is 1.24. The van der Waals surface area contributed by atoms with Crippen LogP contribution in [0.15, 0.2) is 22.8 Å². The topological polar surface area (TPSA) is 84.0 Å². The van der Waals surface area contributed by atoms with Gasteiger partial charge < -0.3 is 5.32 Å². The molecule has 0 aliphatic rings. The van der Waals surface area contributed by atoms with Crippen molar-refractivity contribution in [1.29, 1.82) is 0 Å². The van der Waals surface area contributed by atoms with E-state index in [1.807, 2.05) is 11.4 Å². The number of rotatable bonds is 3. The second-order valence-corrected chi connectivity index (χ2v) is 5.11. The average molecular weight is 282 g/mol. The third kappa shape index (κ3) is 2.96. The van der Waals surface area contributed by atoms with Gasteiger partial charge in [0.15, 0.2) is 0 Å². The molecule has 8 heteroatoms. The SMILES string of the molecule is CNC(=O)NC(=O)CSc1ncnc2ccsc12. The highest BCUT2D eigenvalue weighted by atomic mass is 32.2. The average Bonchev–Trinajstić information content (AvgIpc) is 2.84. The fourth-order valence-corrected chi connectivity index (χ4v) is 2.97. The second kappa shape index (κ2) is 5.78. The molecule has 0 aliphatic carbocycles. The molecule has 2 heterocycles. The third-order valence-electron chi connectivity index (χ3n) is 2.03. The number of hydrogen-bond acceptors (Lipinski definition) is 6. The standard InChI is InChI=1S/C10H10N4O2S2/c1-11-10(16)14-7(15)4-18-9-8-6(2-3-17-8)12-5-13-9/h2-3,5H,4H2,1H3,(H2,11,14,15,16). The van der Waals surface area contributed by atoms with E-state index in [0.29, 0.717) is 0 Å². The van der Waals surface area contributed by atoms with Crippen molar-refractivity contribution in [2.45, 2.75) is 5.03 Å². The van der Waals surface area contributed by atoms with Gasteiger partial charge in [0.1, 0.15) is 11.4 Å². The zero-order valence-electron chi connectivity index (χ0n) is 9.47. The van der Waals surface area contributed by atoms with Crippen molar-refractivity contribution in [1.82, 2.24) is 20.6 Å². The summed E-state index contributed by atoms with van der Waals surface area (Å²) in [7, 11) is 1.45. The molecule has 2 rings (SSSR count). The summed E-state index contributed by atoms with van der Waals surface area (Å²) in [6.45, 7) is 0. The third-order valence-corrected chi connectivity index (χ3v) is 4.06. The Morgan fingerprint density at radius 1 is 1.44 bits per heavy atom. The minimum Gasteiger partial charge on any atom is -0.341 e. The highest BCUT2D eigenvalue weighted by Gasteiger charge is 2.10. The lowest BCUT2D eigenvalue weighted by Crippen LogP contribution is -2.38. The van der Waals surface area contributed by atoms with Gasteiger partial charge in [-0.2, -0.15) is 0 Å². The van der Waals surface area contributed by atoms with Crippen LogP contribution in [0.4, 0.5) is 4.79 Å². The molecule has 6 nitrogen and oxygen atoms in total. The Hall–Kier alpha value is -1.67. The molecule has 0 unspecified atom stereocenters. The maximum atomic E-state index is 11.4. The molecule has 3 amide bonds. The summed E-state index contributed by atoms with van der Waals surface area (Å²) in [6.07, 6.45) is 1.47. The van der Waals surface area contributed by atoms with Crippen LogP contribution < -0.4 is 10.6 Å². The first-order chi connectivity index (χ1) is 8.70. The first-order valence-corrected chi connectivity index (χ1v) is 6.90. The molecule has 0 aliphatic heterocycles. The molecule has 0 atom stereocenters. The van der Waals surface area contributed by atoms with Crippen LogP contribution in [0.1, 0.15) is 0 Å². The summed E-state index contributed by atoms with van der Waals surface area (Å²) in [5, 5.41) is 7.18. The molecule has 0 spiro atoms. The van der Waals surface area contributed by atoms with Crippen molar-refractivity contribution >= 4 is 45.3 Å². The molecule has 0 saturated carbocycles. The lowest BCUT2D eigenvalue weighted by Gasteiger charge is -2.03. The van der Waals surface area contributed by atoms with Crippen LogP contribution in [0.5, 0.6) is 0 Å². The van der Waals surface area contributed by atoms with Crippen LogP contribution in [0.2, 0.25) is 0 Å². The highest BCUT2D eigenvalue weighted by molar-refractivity contribution is 8.00. The highest BCUT2D eigenvalue weighted by Crippen LogP contribution is 2.28. The van der Waals surface area contributed by atoms with Gasteiger partial charge in [-0.15, -0.1) is 11.3 Å². The summed E-state index contributed by atoms with van der Waals surface area (Å²) in [4.78, 5) is 30.6. The Balaban J connectivity index is 2.00. The van der Waals surface area contributed by atoms with Crippen molar-refractivity contribution in [2.24, 2.45) is 0 Å². The monoisotopic (exact) mass is 282 g/mol. The van der Waals surface area contributed by atoms with E-state index in [-0.39, 0.29) is 11.7 Å². The lowest BCUT2D eigenvalue weighted by molar-refractivity contribution is -0.117. The number of nitrogens with one attached hydrogen (secondary N) is 2. The first-order valence-electron chi connectivity index (χ1n) is 5.03. The number of carbonyl (C=O) groups is 2. The number of fused-ring (bicyclic) bond motifs is 1. The van der Waals surface area contributed by atoms with Gasteiger partial charge in [-0.05, 0) is 11.4 Å². The van der Waals surface area contributed by atoms with E-state index in [2.05, 4.69) is 20.6 Å². The van der Waals surface area contributed by atoms with Gasteiger partial charge in [-0.25, -0.2) is 14.8 Å². The molecule has 2 aromatic heterocycles. The van der Waals surface area contributed by atoms with Crippen LogP contribution in [-0.4, -0.2) is 34.7 Å². The minimum atomic E-state index is -0.510. The first kappa shape index (κ1) is 12.8. The molecule has 0 radical (unpaired) electrons. The molecule has 0 bridgehead atoms. The van der Waals surface area contributed by atoms with Gasteiger partial charge in [0.25, 0.3) is 0 Å². The Kier molecular flexibility index (Phi) is 4.11. The van der Waals surface area contributed by atoms with Gasteiger partial charge in [-0.3, -0.25) is 10.1 Å². The van der Waals surface area contributed by atoms with Crippen LogP contribution >= 0.6 is 23.1 Å². The van der Waals surface area contributed by atoms with Crippen molar-refractivity contribution in [3.05, 3.63) is 17.8 Å². The van der Waals surface area contributed by atoms with Gasteiger partial charge in [0.2, 0.25) is 5.91 Å². The molecule has 94 valence electrons. The molecule has 0 saturated heterocycles. The molecule has 2 N–H and O–H groups in total. The Morgan fingerprint density at radius 3 is 3.06 bits per heavy atom. The van der Waals surface area contributed by atoms with E-state index in [0.717, 1.165) is 15.2 Å². The number of aromatic nitrogens is 2. The number of hydrogen-bond donors (Lipinski definition) is 2. The Bertz CT molecular complexity index is 584. The van der Waals surface area contributed by atoms with Crippen molar-refractivity contribution in [2.75, 3.05) is 12.8 Å². The van der Waals surface area contributed by atoms with E-state index in [9.17, 15) is 9.59 Å². The number of thiophene rings is 1. The largest absolute Gasteiger partial charge is 0.341 e.